The zero-order chi connectivity index (χ0) is 19.1. The van der Waals surface area contributed by atoms with Gasteiger partial charge in [0.25, 0.3) is 0 Å². The number of amides is 1. The molecule has 0 aromatic heterocycles. The van der Waals surface area contributed by atoms with Gasteiger partial charge in [-0.2, -0.15) is 0 Å². The minimum Gasteiger partial charge on any atom is -0.480 e. The Morgan fingerprint density at radius 1 is 1.19 bits per heavy atom. The molecule has 1 unspecified atom stereocenters. The number of aliphatic carboxylic acids is 1. The lowest BCUT2D eigenvalue weighted by atomic mass is 10.1. The van der Waals surface area contributed by atoms with E-state index in [4.69, 9.17) is 5.11 Å². The third kappa shape index (κ3) is 7.13. The number of carbonyl (C=O) groups is 2. The van der Waals surface area contributed by atoms with Gasteiger partial charge in [0.1, 0.15) is 0 Å². The number of rotatable bonds is 7. The van der Waals surface area contributed by atoms with Gasteiger partial charge < -0.3 is 10.0 Å². The molecule has 6 nitrogen and oxygen atoms in total. The first-order valence-electron chi connectivity index (χ1n) is 9.40. The number of anilines is 1. The summed E-state index contributed by atoms with van der Waals surface area (Å²) >= 11 is 0. The van der Waals surface area contributed by atoms with Gasteiger partial charge in [-0.15, -0.1) is 12.4 Å². The van der Waals surface area contributed by atoms with Crippen molar-refractivity contribution in [1.82, 2.24) is 9.80 Å². The van der Waals surface area contributed by atoms with Crippen LogP contribution in [0.5, 0.6) is 0 Å². The third-order valence-electron chi connectivity index (χ3n) is 4.98. The summed E-state index contributed by atoms with van der Waals surface area (Å²) in [5.74, 6) is -0.678. The van der Waals surface area contributed by atoms with E-state index in [2.05, 4.69) is 4.90 Å². The molecule has 1 heterocycles. The summed E-state index contributed by atoms with van der Waals surface area (Å²) in [6.07, 6.45) is 2.85. The first-order chi connectivity index (χ1) is 12.4. The molecule has 7 heteroatoms. The van der Waals surface area contributed by atoms with Crippen LogP contribution in [-0.2, 0) is 9.59 Å². The maximum Gasteiger partial charge on any atom is 0.317 e. The molecular weight excluding hydrogens is 366 g/mol. The van der Waals surface area contributed by atoms with E-state index in [-0.39, 0.29) is 36.9 Å². The molecule has 2 rings (SSSR count). The van der Waals surface area contributed by atoms with Gasteiger partial charge in [0.05, 0.1) is 13.1 Å². The lowest BCUT2D eigenvalue weighted by molar-refractivity contribution is -0.138. The summed E-state index contributed by atoms with van der Waals surface area (Å²) in [5.41, 5.74) is 0.932. The van der Waals surface area contributed by atoms with Crippen LogP contribution in [0.2, 0.25) is 0 Å². The summed E-state index contributed by atoms with van der Waals surface area (Å²) in [7, 11) is 1.87. The molecule has 0 bridgehead atoms. The highest BCUT2D eigenvalue weighted by Crippen LogP contribution is 2.19. The molecule has 0 aliphatic carbocycles. The summed E-state index contributed by atoms with van der Waals surface area (Å²) < 4.78 is 0. The van der Waals surface area contributed by atoms with Crippen molar-refractivity contribution in [2.24, 2.45) is 0 Å². The van der Waals surface area contributed by atoms with E-state index in [0.29, 0.717) is 6.54 Å². The fourth-order valence-electron chi connectivity index (χ4n) is 3.67. The van der Waals surface area contributed by atoms with Crippen LogP contribution in [0, 0.1) is 0 Å². The Bertz CT molecular complexity index is 597. The molecule has 1 aliphatic heterocycles. The van der Waals surface area contributed by atoms with Crippen LogP contribution in [0.1, 0.15) is 33.1 Å². The van der Waals surface area contributed by atoms with Crippen LogP contribution in [-0.4, -0.2) is 72.1 Å². The lowest BCUT2D eigenvalue weighted by Gasteiger charge is -2.30. The van der Waals surface area contributed by atoms with Crippen LogP contribution < -0.4 is 4.90 Å². The normalized spacial score (nSPS) is 18.0. The molecule has 1 atom stereocenters. The number of likely N-dealkylation sites (tertiary alicyclic amines) is 1. The Morgan fingerprint density at radius 2 is 1.85 bits per heavy atom. The Morgan fingerprint density at radius 3 is 2.44 bits per heavy atom. The number of likely N-dealkylation sites (N-methyl/N-ethyl adjacent to an activating group) is 1. The van der Waals surface area contributed by atoms with Crippen molar-refractivity contribution in [2.45, 2.75) is 45.2 Å². The second-order valence-corrected chi connectivity index (χ2v) is 7.36. The summed E-state index contributed by atoms with van der Waals surface area (Å²) in [4.78, 5) is 29.8. The maximum absolute atomic E-state index is 12.9. The molecule has 1 N–H and O–H groups in total. The van der Waals surface area contributed by atoms with Gasteiger partial charge in [-0.25, -0.2) is 0 Å². The highest BCUT2D eigenvalue weighted by atomic mass is 35.5. The monoisotopic (exact) mass is 397 g/mol. The second-order valence-electron chi connectivity index (χ2n) is 7.36. The summed E-state index contributed by atoms with van der Waals surface area (Å²) in [6, 6.07) is 10.2. The molecule has 1 aromatic carbocycles. The number of hydrogen-bond donors (Lipinski definition) is 1. The van der Waals surface area contributed by atoms with Crippen LogP contribution in [0.4, 0.5) is 5.69 Å². The van der Waals surface area contributed by atoms with Crippen molar-refractivity contribution in [3.63, 3.8) is 0 Å². The van der Waals surface area contributed by atoms with Gasteiger partial charge in [0.15, 0.2) is 0 Å². The SMILES string of the molecule is CC(C)N(C(=O)CN1CCCC(N(C)CC(=O)O)CC1)c1ccccc1.Cl. The van der Waals surface area contributed by atoms with Crippen molar-refractivity contribution < 1.29 is 14.7 Å². The standard InChI is InChI=1S/C20H31N3O3.ClH/c1-16(2)23(18-8-5-4-6-9-18)19(24)14-22-12-7-10-17(11-13-22)21(3)15-20(25)26;/h4-6,8-9,16-17H,7,10-15H2,1-3H3,(H,25,26);1H. The molecule has 1 aromatic rings. The zero-order valence-corrected chi connectivity index (χ0v) is 17.3. The molecule has 1 saturated heterocycles. The second kappa shape index (κ2) is 11.3. The number of carboxylic acids is 1. The van der Waals surface area contributed by atoms with E-state index in [1.165, 1.54) is 0 Å². The minimum absolute atomic E-state index is 0. The van der Waals surface area contributed by atoms with E-state index >= 15 is 0 Å². The lowest BCUT2D eigenvalue weighted by Crippen LogP contribution is -2.44. The number of carboxylic acid groups (broad SMARTS) is 1. The van der Waals surface area contributed by atoms with Gasteiger partial charge in [0.2, 0.25) is 5.91 Å². The molecule has 0 spiro atoms. The molecule has 1 aliphatic rings. The highest BCUT2D eigenvalue weighted by molar-refractivity contribution is 5.95. The Balaban J connectivity index is 0.00000364. The maximum atomic E-state index is 12.9. The molecular formula is C20H32ClN3O3. The number of carbonyl (C=O) groups excluding carboxylic acids is 1. The third-order valence-corrected chi connectivity index (χ3v) is 4.98. The van der Waals surface area contributed by atoms with Gasteiger partial charge in [-0.1, -0.05) is 18.2 Å². The van der Waals surface area contributed by atoms with E-state index in [1.807, 2.05) is 61.0 Å². The smallest absolute Gasteiger partial charge is 0.317 e. The van der Waals surface area contributed by atoms with E-state index in [1.54, 1.807) is 0 Å². The first kappa shape index (κ1) is 23.4. The van der Waals surface area contributed by atoms with Crippen LogP contribution in [0.3, 0.4) is 0 Å². The van der Waals surface area contributed by atoms with Crippen molar-refractivity contribution in [3.05, 3.63) is 30.3 Å². The van der Waals surface area contributed by atoms with Gasteiger partial charge >= 0.3 is 5.97 Å². The van der Waals surface area contributed by atoms with Gasteiger partial charge in [-0.05, 0) is 58.8 Å². The fourth-order valence-corrected chi connectivity index (χ4v) is 3.67. The predicted molar refractivity (Wildman–Crippen MR) is 111 cm³/mol. The number of halogens is 1. The zero-order valence-electron chi connectivity index (χ0n) is 16.5. The van der Waals surface area contributed by atoms with E-state index in [0.717, 1.165) is 38.0 Å². The van der Waals surface area contributed by atoms with E-state index in [9.17, 15) is 9.59 Å². The van der Waals surface area contributed by atoms with Crippen LogP contribution in [0.15, 0.2) is 30.3 Å². The molecule has 27 heavy (non-hydrogen) atoms. The Kier molecular flexibility index (Phi) is 9.77. The summed E-state index contributed by atoms with van der Waals surface area (Å²) in [6.45, 7) is 6.24. The minimum atomic E-state index is -0.792. The molecule has 152 valence electrons. The van der Waals surface area contributed by atoms with Crippen LogP contribution in [0.25, 0.3) is 0 Å². The van der Waals surface area contributed by atoms with Crippen LogP contribution >= 0.6 is 12.4 Å². The quantitative estimate of drug-likeness (QED) is 0.766. The average Bonchev–Trinajstić information content (AvgIpc) is 2.80. The largest absolute Gasteiger partial charge is 0.480 e. The highest BCUT2D eigenvalue weighted by Gasteiger charge is 2.25. The van der Waals surface area contributed by atoms with Crippen molar-refractivity contribution >= 4 is 30.0 Å². The Hall–Kier alpha value is -1.63. The van der Waals surface area contributed by atoms with Crippen molar-refractivity contribution in [2.75, 3.05) is 38.1 Å². The number of para-hydroxylation sites is 1. The molecule has 0 radical (unpaired) electrons. The van der Waals surface area contributed by atoms with E-state index < -0.39 is 5.97 Å². The number of benzene rings is 1. The van der Waals surface area contributed by atoms with Crippen molar-refractivity contribution in [3.8, 4) is 0 Å². The number of nitrogens with zero attached hydrogens (tertiary/aromatic N) is 3. The molecule has 1 fully saturated rings. The summed E-state index contributed by atoms with van der Waals surface area (Å²) in [5, 5.41) is 8.97. The van der Waals surface area contributed by atoms with Gasteiger partial charge in [0, 0.05) is 24.3 Å². The number of hydrogen-bond acceptors (Lipinski definition) is 4. The molecule has 0 saturated carbocycles. The fraction of sp³-hybridized carbons (Fsp3) is 0.600. The predicted octanol–water partition coefficient (Wildman–Crippen LogP) is 2.72. The Labute approximate surface area is 168 Å². The average molecular weight is 398 g/mol. The topological polar surface area (TPSA) is 64.1 Å². The first-order valence-corrected chi connectivity index (χ1v) is 9.40. The van der Waals surface area contributed by atoms with Gasteiger partial charge in [-0.3, -0.25) is 19.4 Å². The van der Waals surface area contributed by atoms with Crippen molar-refractivity contribution in [1.29, 1.82) is 0 Å². The molecule has 1 amide bonds.